The van der Waals surface area contributed by atoms with Crippen LogP contribution in [0.5, 0.6) is 0 Å². The number of aromatic nitrogens is 4. The molecule has 7 heteroatoms. The van der Waals surface area contributed by atoms with Crippen molar-refractivity contribution in [2.45, 2.75) is 32.1 Å². The normalized spacial score (nSPS) is 15.3. The monoisotopic (exact) mass is 305 g/mol. The Balaban J connectivity index is 1.77. The minimum Gasteiger partial charge on any atom is -0.325 e. The maximum absolute atomic E-state index is 12.2. The molecule has 1 aromatic carbocycles. The van der Waals surface area contributed by atoms with Crippen molar-refractivity contribution in [3.05, 3.63) is 23.2 Å². The number of benzene rings is 1. The molecule has 1 amide bonds. The van der Waals surface area contributed by atoms with Gasteiger partial charge in [-0.1, -0.05) is 24.4 Å². The van der Waals surface area contributed by atoms with Crippen LogP contribution in [0.4, 0.5) is 5.69 Å². The highest BCUT2D eigenvalue weighted by Gasteiger charge is 2.19. The third-order valence-electron chi connectivity index (χ3n) is 3.80. The summed E-state index contributed by atoms with van der Waals surface area (Å²) in [4.78, 5) is 12.2. The van der Waals surface area contributed by atoms with Crippen molar-refractivity contribution in [3.8, 4) is 11.4 Å². The van der Waals surface area contributed by atoms with Crippen molar-refractivity contribution < 1.29 is 4.79 Å². The van der Waals surface area contributed by atoms with Gasteiger partial charge in [-0.05, 0) is 47.4 Å². The highest BCUT2D eigenvalue weighted by Crippen LogP contribution is 2.30. The summed E-state index contributed by atoms with van der Waals surface area (Å²) in [6.45, 7) is 0. The zero-order valence-electron chi connectivity index (χ0n) is 11.5. The van der Waals surface area contributed by atoms with E-state index < -0.39 is 0 Å². The Hall–Kier alpha value is -1.95. The predicted octanol–water partition coefficient (Wildman–Crippen LogP) is 3.04. The molecule has 110 valence electrons. The summed E-state index contributed by atoms with van der Waals surface area (Å²) in [7, 11) is 0. The van der Waals surface area contributed by atoms with Gasteiger partial charge in [0.05, 0.1) is 5.69 Å². The number of anilines is 1. The van der Waals surface area contributed by atoms with Crippen molar-refractivity contribution in [1.29, 1.82) is 0 Å². The van der Waals surface area contributed by atoms with Crippen molar-refractivity contribution >= 4 is 23.2 Å². The van der Waals surface area contributed by atoms with Gasteiger partial charge in [0, 0.05) is 17.0 Å². The van der Waals surface area contributed by atoms with Crippen LogP contribution in [0, 0.1) is 5.92 Å². The lowest BCUT2D eigenvalue weighted by Crippen LogP contribution is -2.15. The Labute approximate surface area is 127 Å². The molecular weight excluding hydrogens is 290 g/mol. The molecule has 0 unspecified atom stereocenters. The van der Waals surface area contributed by atoms with E-state index in [0.29, 0.717) is 28.9 Å². The van der Waals surface area contributed by atoms with Gasteiger partial charge in [0.25, 0.3) is 0 Å². The molecule has 1 fully saturated rings. The second kappa shape index (κ2) is 6.22. The Morgan fingerprint density at radius 2 is 2.19 bits per heavy atom. The number of aromatic amines is 1. The van der Waals surface area contributed by atoms with Crippen LogP contribution in [0.3, 0.4) is 0 Å². The van der Waals surface area contributed by atoms with E-state index in [1.807, 2.05) is 0 Å². The third kappa shape index (κ3) is 3.39. The lowest BCUT2D eigenvalue weighted by Gasteiger charge is -2.12. The van der Waals surface area contributed by atoms with Crippen molar-refractivity contribution in [2.75, 3.05) is 5.32 Å². The first-order valence-corrected chi connectivity index (χ1v) is 7.43. The number of nitrogens with one attached hydrogen (secondary N) is 2. The standard InChI is InChI=1S/C14H16ClN5O/c15-10-5-6-11(14-17-19-20-18-14)12(8-10)16-13(21)7-9-3-1-2-4-9/h5-6,8-9H,1-4,7H2,(H,16,21)(H,17,18,19,20). The second-order valence-corrected chi connectivity index (χ2v) is 5.78. The number of halogens is 1. The average Bonchev–Trinajstić information content (AvgIpc) is 3.11. The molecule has 0 saturated heterocycles. The van der Waals surface area contributed by atoms with Gasteiger partial charge >= 0.3 is 0 Å². The van der Waals surface area contributed by atoms with E-state index in [1.165, 1.54) is 12.8 Å². The van der Waals surface area contributed by atoms with E-state index >= 15 is 0 Å². The van der Waals surface area contributed by atoms with E-state index in [1.54, 1.807) is 18.2 Å². The van der Waals surface area contributed by atoms with Crippen molar-refractivity contribution in [1.82, 2.24) is 20.6 Å². The highest BCUT2D eigenvalue weighted by atomic mass is 35.5. The summed E-state index contributed by atoms with van der Waals surface area (Å²) in [6.07, 6.45) is 5.29. The van der Waals surface area contributed by atoms with Crippen LogP contribution in [0.1, 0.15) is 32.1 Å². The zero-order valence-corrected chi connectivity index (χ0v) is 12.2. The van der Waals surface area contributed by atoms with E-state index in [4.69, 9.17) is 11.6 Å². The Morgan fingerprint density at radius 1 is 1.38 bits per heavy atom. The summed E-state index contributed by atoms with van der Waals surface area (Å²) in [6, 6.07) is 5.24. The van der Waals surface area contributed by atoms with Crippen molar-refractivity contribution in [3.63, 3.8) is 0 Å². The maximum Gasteiger partial charge on any atom is 0.224 e. The van der Waals surface area contributed by atoms with Crippen LogP contribution in [-0.2, 0) is 4.79 Å². The summed E-state index contributed by atoms with van der Waals surface area (Å²) in [5, 5.41) is 17.2. The molecule has 0 bridgehead atoms. The van der Waals surface area contributed by atoms with Gasteiger partial charge in [-0.15, -0.1) is 5.10 Å². The van der Waals surface area contributed by atoms with Gasteiger partial charge in [0.1, 0.15) is 0 Å². The molecule has 1 aliphatic carbocycles. The second-order valence-electron chi connectivity index (χ2n) is 5.34. The minimum atomic E-state index is 0.0119. The van der Waals surface area contributed by atoms with Crippen LogP contribution in [0.25, 0.3) is 11.4 Å². The number of carbonyl (C=O) groups is 1. The van der Waals surface area contributed by atoms with Crippen LogP contribution < -0.4 is 5.32 Å². The number of H-pyrrole nitrogens is 1. The third-order valence-corrected chi connectivity index (χ3v) is 4.04. The van der Waals surface area contributed by atoms with E-state index in [2.05, 4.69) is 25.9 Å². The molecule has 0 atom stereocenters. The van der Waals surface area contributed by atoms with Gasteiger partial charge in [0.2, 0.25) is 5.91 Å². The van der Waals surface area contributed by atoms with Gasteiger partial charge < -0.3 is 5.32 Å². The molecule has 1 heterocycles. The molecule has 6 nitrogen and oxygen atoms in total. The SMILES string of the molecule is O=C(CC1CCCC1)Nc1cc(Cl)ccc1-c1nnn[nH]1. The molecule has 2 N–H and O–H groups in total. The average molecular weight is 306 g/mol. The van der Waals surface area contributed by atoms with Gasteiger partial charge in [0.15, 0.2) is 5.82 Å². The number of amides is 1. The number of tetrazole rings is 1. The summed E-state index contributed by atoms with van der Waals surface area (Å²) in [5.74, 6) is 1.01. The minimum absolute atomic E-state index is 0.0119. The van der Waals surface area contributed by atoms with E-state index in [-0.39, 0.29) is 5.91 Å². The Bertz CT molecular complexity index is 622. The molecule has 1 aromatic heterocycles. The molecule has 0 spiro atoms. The van der Waals surface area contributed by atoms with Crippen LogP contribution in [0.2, 0.25) is 5.02 Å². The largest absolute Gasteiger partial charge is 0.325 e. The lowest BCUT2D eigenvalue weighted by atomic mass is 10.0. The smallest absolute Gasteiger partial charge is 0.224 e. The predicted molar refractivity (Wildman–Crippen MR) is 79.8 cm³/mol. The Morgan fingerprint density at radius 3 is 2.90 bits per heavy atom. The molecule has 21 heavy (non-hydrogen) atoms. The quantitative estimate of drug-likeness (QED) is 0.909. The number of rotatable bonds is 4. The molecule has 0 radical (unpaired) electrons. The summed E-state index contributed by atoms with van der Waals surface area (Å²) < 4.78 is 0. The van der Waals surface area contributed by atoms with Crippen LogP contribution in [-0.4, -0.2) is 26.5 Å². The van der Waals surface area contributed by atoms with E-state index in [0.717, 1.165) is 18.4 Å². The lowest BCUT2D eigenvalue weighted by molar-refractivity contribution is -0.117. The first-order valence-electron chi connectivity index (χ1n) is 7.06. The summed E-state index contributed by atoms with van der Waals surface area (Å²) >= 11 is 6.02. The van der Waals surface area contributed by atoms with Gasteiger partial charge in [-0.25, -0.2) is 5.10 Å². The fourth-order valence-electron chi connectivity index (χ4n) is 2.78. The zero-order chi connectivity index (χ0) is 14.7. The fourth-order valence-corrected chi connectivity index (χ4v) is 2.95. The van der Waals surface area contributed by atoms with Crippen LogP contribution in [0.15, 0.2) is 18.2 Å². The highest BCUT2D eigenvalue weighted by molar-refractivity contribution is 6.31. The maximum atomic E-state index is 12.2. The van der Waals surface area contributed by atoms with Crippen LogP contribution >= 0.6 is 11.6 Å². The molecule has 1 aliphatic rings. The van der Waals surface area contributed by atoms with Crippen molar-refractivity contribution in [2.24, 2.45) is 5.92 Å². The topological polar surface area (TPSA) is 83.6 Å². The molecule has 2 aromatic rings. The number of carbonyl (C=O) groups excluding carboxylic acids is 1. The number of nitrogens with zero attached hydrogens (tertiary/aromatic N) is 3. The molecule has 0 aliphatic heterocycles. The van der Waals surface area contributed by atoms with Gasteiger partial charge in [-0.2, -0.15) is 0 Å². The molecular formula is C14H16ClN5O. The first-order chi connectivity index (χ1) is 10.2. The molecule has 1 saturated carbocycles. The number of hydrogen-bond acceptors (Lipinski definition) is 4. The van der Waals surface area contributed by atoms with E-state index in [9.17, 15) is 4.79 Å². The molecule has 3 rings (SSSR count). The van der Waals surface area contributed by atoms with Gasteiger partial charge in [-0.3, -0.25) is 4.79 Å². The first kappa shape index (κ1) is 14.0. The Kier molecular flexibility index (Phi) is 4.15. The number of hydrogen-bond donors (Lipinski definition) is 2. The summed E-state index contributed by atoms with van der Waals surface area (Å²) in [5.41, 5.74) is 1.35. The fraction of sp³-hybridized carbons (Fsp3) is 0.429.